The second kappa shape index (κ2) is 6.40. The van der Waals surface area contributed by atoms with E-state index in [9.17, 15) is 4.79 Å². The summed E-state index contributed by atoms with van der Waals surface area (Å²) in [6, 6.07) is 9.11. The molecule has 0 saturated carbocycles. The van der Waals surface area contributed by atoms with Crippen LogP contribution in [-0.2, 0) is 9.53 Å². The second-order valence-corrected chi connectivity index (χ2v) is 2.90. The molecule has 0 atom stereocenters. The zero-order valence-corrected chi connectivity index (χ0v) is 8.96. The molecular weight excluding hydrogens is 206 g/mol. The van der Waals surface area contributed by atoms with E-state index in [0.717, 1.165) is 0 Å². The highest BCUT2D eigenvalue weighted by molar-refractivity contribution is 6.09. The first-order valence-electron chi connectivity index (χ1n) is 4.88. The Morgan fingerprint density at radius 2 is 2.12 bits per heavy atom. The second-order valence-electron chi connectivity index (χ2n) is 2.90. The van der Waals surface area contributed by atoms with Gasteiger partial charge < -0.3 is 9.84 Å². The standard InChI is InChI=1S/C12H13NO3/c1-2-16-12(15)10(9-14)8-13-11-6-4-3-5-7-11/h3-9,14H,2H2,1H3/b10-9-,13-8?. The van der Waals surface area contributed by atoms with Gasteiger partial charge >= 0.3 is 5.97 Å². The van der Waals surface area contributed by atoms with Gasteiger partial charge in [0.2, 0.25) is 0 Å². The van der Waals surface area contributed by atoms with Gasteiger partial charge in [-0.3, -0.25) is 4.99 Å². The molecule has 0 fully saturated rings. The molecule has 4 heteroatoms. The Morgan fingerprint density at radius 3 is 2.69 bits per heavy atom. The van der Waals surface area contributed by atoms with Gasteiger partial charge in [-0.25, -0.2) is 4.79 Å². The summed E-state index contributed by atoms with van der Waals surface area (Å²) in [6.07, 6.45) is 1.96. The lowest BCUT2D eigenvalue weighted by atomic mass is 10.3. The van der Waals surface area contributed by atoms with E-state index in [-0.39, 0.29) is 12.2 Å². The number of hydrogen-bond acceptors (Lipinski definition) is 4. The van der Waals surface area contributed by atoms with E-state index in [1.54, 1.807) is 19.1 Å². The number of aliphatic hydroxyl groups excluding tert-OH is 1. The number of esters is 1. The summed E-state index contributed by atoms with van der Waals surface area (Å²) in [6.45, 7) is 1.95. The average Bonchev–Trinajstić information content (AvgIpc) is 2.31. The van der Waals surface area contributed by atoms with Gasteiger partial charge in [-0.15, -0.1) is 0 Å². The smallest absolute Gasteiger partial charge is 0.342 e. The molecule has 0 unspecified atom stereocenters. The molecule has 0 aliphatic heterocycles. The van der Waals surface area contributed by atoms with Crippen LogP contribution in [0.1, 0.15) is 6.92 Å². The summed E-state index contributed by atoms with van der Waals surface area (Å²) >= 11 is 0. The SMILES string of the molecule is CCOC(=O)/C(C=Nc1ccccc1)=C\O. The molecule has 0 heterocycles. The zero-order valence-electron chi connectivity index (χ0n) is 8.96. The van der Waals surface area contributed by atoms with Crippen molar-refractivity contribution in [2.75, 3.05) is 6.61 Å². The van der Waals surface area contributed by atoms with Crippen LogP contribution in [0.15, 0.2) is 47.2 Å². The molecule has 84 valence electrons. The van der Waals surface area contributed by atoms with Gasteiger partial charge in [0, 0.05) is 6.21 Å². The largest absolute Gasteiger partial charge is 0.515 e. The first kappa shape index (κ1) is 12.0. The van der Waals surface area contributed by atoms with Crippen LogP contribution in [0.2, 0.25) is 0 Å². The highest BCUT2D eigenvalue weighted by Gasteiger charge is 2.07. The molecule has 0 saturated heterocycles. The molecule has 0 spiro atoms. The van der Waals surface area contributed by atoms with Crippen LogP contribution in [0, 0.1) is 0 Å². The molecule has 1 rings (SSSR count). The molecule has 1 aromatic rings. The summed E-state index contributed by atoms with van der Waals surface area (Å²) in [5, 5.41) is 8.85. The summed E-state index contributed by atoms with van der Waals surface area (Å²) in [4.78, 5) is 15.3. The number of hydrogen-bond donors (Lipinski definition) is 1. The van der Waals surface area contributed by atoms with Gasteiger partial charge in [-0.2, -0.15) is 0 Å². The molecule has 0 bridgehead atoms. The van der Waals surface area contributed by atoms with Crippen molar-refractivity contribution in [1.29, 1.82) is 0 Å². The third-order valence-corrected chi connectivity index (χ3v) is 1.76. The molecule has 0 radical (unpaired) electrons. The number of aliphatic imine (C=N–C) groups is 1. The molecule has 0 aliphatic rings. The van der Waals surface area contributed by atoms with E-state index < -0.39 is 5.97 Å². The lowest BCUT2D eigenvalue weighted by Crippen LogP contribution is -2.08. The molecule has 0 aliphatic carbocycles. The Hall–Kier alpha value is -2.10. The van der Waals surface area contributed by atoms with Crippen LogP contribution < -0.4 is 0 Å². The Morgan fingerprint density at radius 1 is 1.44 bits per heavy atom. The minimum absolute atomic E-state index is 0.0192. The molecular formula is C12H13NO3. The van der Waals surface area contributed by atoms with E-state index in [1.165, 1.54) is 6.21 Å². The zero-order chi connectivity index (χ0) is 11.8. The fraction of sp³-hybridized carbons (Fsp3) is 0.167. The van der Waals surface area contributed by atoms with Crippen LogP contribution >= 0.6 is 0 Å². The maximum atomic E-state index is 11.3. The number of para-hydroxylation sites is 1. The van der Waals surface area contributed by atoms with Crippen molar-refractivity contribution in [2.45, 2.75) is 6.92 Å². The van der Waals surface area contributed by atoms with Crippen LogP contribution in [0.5, 0.6) is 0 Å². The normalized spacial score (nSPS) is 11.7. The fourth-order valence-electron chi connectivity index (χ4n) is 1.01. The maximum absolute atomic E-state index is 11.3. The van der Waals surface area contributed by atoms with Gasteiger partial charge in [-0.1, -0.05) is 18.2 Å². The van der Waals surface area contributed by atoms with Crippen molar-refractivity contribution in [1.82, 2.24) is 0 Å². The van der Waals surface area contributed by atoms with Crippen LogP contribution in [0.4, 0.5) is 5.69 Å². The van der Waals surface area contributed by atoms with Crippen molar-refractivity contribution in [3.63, 3.8) is 0 Å². The first-order valence-corrected chi connectivity index (χ1v) is 4.88. The Balaban J connectivity index is 2.72. The Bertz CT molecular complexity index is 396. The third-order valence-electron chi connectivity index (χ3n) is 1.76. The van der Waals surface area contributed by atoms with Gasteiger partial charge in [0.05, 0.1) is 18.6 Å². The number of aliphatic hydroxyl groups is 1. The van der Waals surface area contributed by atoms with Crippen molar-refractivity contribution in [3.8, 4) is 0 Å². The summed E-state index contributed by atoms with van der Waals surface area (Å²) < 4.78 is 4.72. The fourth-order valence-corrected chi connectivity index (χ4v) is 1.01. The molecule has 0 aromatic heterocycles. The summed E-state index contributed by atoms with van der Waals surface area (Å²) in [5.41, 5.74) is 0.719. The van der Waals surface area contributed by atoms with E-state index in [0.29, 0.717) is 11.9 Å². The Labute approximate surface area is 93.9 Å². The lowest BCUT2D eigenvalue weighted by molar-refractivity contribution is -0.137. The minimum atomic E-state index is -0.593. The quantitative estimate of drug-likeness (QED) is 0.366. The van der Waals surface area contributed by atoms with E-state index in [1.807, 2.05) is 18.2 Å². The number of carbonyl (C=O) groups excluding carboxylic acids is 1. The maximum Gasteiger partial charge on any atom is 0.342 e. The summed E-state index contributed by atoms with van der Waals surface area (Å²) in [5.74, 6) is -0.593. The molecule has 1 aromatic carbocycles. The predicted molar refractivity (Wildman–Crippen MR) is 61.9 cm³/mol. The first-order chi connectivity index (χ1) is 7.77. The number of rotatable bonds is 4. The number of nitrogens with zero attached hydrogens (tertiary/aromatic N) is 1. The Kier molecular flexibility index (Phi) is 4.79. The molecule has 16 heavy (non-hydrogen) atoms. The molecule has 1 N–H and O–H groups in total. The third kappa shape index (κ3) is 3.57. The van der Waals surface area contributed by atoms with Crippen molar-refractivity contribution < 1.29 is 14.6 Å². The van der Waals surface area contributed by atoms with Gasteiger partial charge in [0.25, 0.3) is 0 Å². The topological polar surface area (TPSA) is 58.9 Å². The van der Waals surface area contributed by atoms with Crippen LogP contribution in [-0.4, -0.2) is 23.9 Å². The van der Waals surface area contributed by atoms with Crippen LogP contribution in [0.25, 0.3) is 0 Å². The minimum Gasteiger partial charge on any atom is -0.515 e. The highest BCUT2D eigenvalue weighted by Crippen LogP contribution is 2.09. The van der Waals surface area contributed by atoms with E-state index >= 15 is 0 Å². The van der Waals surface area contributed by atoms with Crippen molar-refractivity contribution in [3.05, 3.63) is 42.2 Å². The average molecular weight is 219 g/mol. The van der Waals surface area contributed by atoms with Crippen LogP contribution in [0.3, 0.4) is 0 Å². The van der Waals surface area contributed by atoms with Gasteiger partial charge in [0.15, 0.2) is 0 Å². The van der Waals surface area contributed by atoms with Crippen molar-refractivity contribution in [2.24, 2.45) is 4.99 Å². The van der Waals surface area contributed by atoms with E-state index in [4.69, 9.17) is 9.84 Å². The van der Waals surface area contributed by atoms with Gasteiger partial charge in [0.1, 0.15) is 5.57 Å². The monoisotopic (exact) mass is 219 g/mol. The predicted octanol–water partition coefficient (Wildman–Crippen LogP) is 2.39. The van der Waals surface area contributed by atoms with Gasteiger partial charge in [-0.05, 0) is 19.1 Å². The highest BCUT2D eigenvalue weighted by atomic mass is 16.5. The van der Waals surface area contributed by atoms with E-state index in [2.05, 4.69) is 4.99 Å². The number of ether oxygens (including phenoxy) is 1. The number of benzene rings is 1. The number of carbonyl (C=O) groups is 1. The molecule has 0 amide bonds. The molecule has 4 nitrogen and oxygen atoms in total. The van der Waals surface area contributed by atoms with Crippen molar-refractivity contribution >= 4 is 17.9 Å². The lowest BCUT2D eigenvalue weighted by Gasteiger charge is -1.99. The summed E-state index contributed by atoms with van der Waals surface area (Å²) in [7, 11) is 0.